The summed E-state index contributed by atoms with van der Waals surface area (Å²) in [6.07, 6.45) is -1.59. The van der Waals surface area contributed by atoms with Crippen LogP contribution in [0, 0.1) is 5.92 Å². The van der Waals surface area contributed by atoms with Crippen molar-refractivity contribution in [2.45, 2.75) is 26.4 Å². The van der Waals surface area contributed by atoms with Gasteiger partial charge in [0, 0.05) is 5.56 Å². The Labute approximate surface area is 117 Å². The summed E-state index contributed by atoms with van der Waals surface area (Å²) in [5.74, 6) is 0.719. The highest BCUT2D eigenvalue weighted by molar-refractivity contribution is 5.59. The Bertz CT molecular complexity index is 451. The van der Waals surface area contributed by atoms with Crippen LogP contribution in [-0.4, -0.2) is 20.4 Å². The zero-order chi connectivity index (χ0) is 15.3. The molecule has 0 amide bonds. The Hall–Kier alpha value is -1.65. The van der Waals surface area contributed by atoms with Crippen molar-refractivity contribution in [2.75, 3.05) is 14.2 Å². The lowest BCUT2D eigenvalue weighted by Gasteiger charge is -2.16. The van der Waals surface area contributed by atoms with Crippen LogP contribution in [0.3, 0.4) is 0 Å². The lowest BCUT2D eigenvalue weighted by molar-refractivity contribution is -0.127. The summed E-state index contributed by atoms with van der Waals surface area (Å²) >= 11 is 0. The van der Waals surface area contributed by atoms with Gasteiger partial charge in [0.2, 0.25) is 0 Å². The first-order valence-corrected chi connectivity index (χ1v) is 6.26. The Morgan fingerprint density at radius 3 is 1.95 bits per heavy atom. The fourth-order valence-electron chi connectivity index (χ4n) is 1.78. The van der Waals surface area contributed by atoms with E-state index in [2.05, 4.69) is 0 Å². The Kier molecular flexibility index (Phi) is 5.48. The van der Waals surface area contributed by atoms with Crippen LogP contribution in [0.5, 0.6) is 11.5 Å². The smallest absolute Gasteiger partial charge is 0.393 e. The van der Waals surface area contributed by atoms with Crippen LogP contribution in [0.15, 0.2) is 18.2 Å². The molecule has 0 saturated carbocycles. The average Bonchev–Trinajstić information content (AvgIpc) is 2.35. The van der Waals surface area contributed by atoms with Gasteiger partial charge in [0.25, 0.3) is 0 Å². The lowest BCUT2D eigenvalue weighted by atomic mass is 10.0. The summed E-state index contributed by atoms with van der Waals surface area (Å²) in [4.78, 5) is 0. The molecule has 1 rings (SSSR count). The van der Waals surface area contributed by atoms with E-state index < -0.39 is 12.6 Å². The molecule has 20 heavy (non-hydrogen) atoms. The highest BCUT2D eigenvalue weighted by Gasteiger charge is 2.31. The normalized spacial score (nSPS) is 12.2. The first-order valence-electron chi connectivity index (χ1n) is 6.26. The van der Waals surface area contributed by atoms with E-state index in [0.29, 0.717) is 5.92 Å². The molecule has 2 nitrogen and oxygen atoms in total. The Morgan fingerprint density at radius 1 is 1.10 bits per heavy atom. The van der Waals surface area contributed by atoms with E-state index in [4.69, 9.17) is 9.47 Å². The molecule has 0 fully saturated rings. The molecule has 0 aromatic heterocycles. The van der Waals surface area contributed by atoms with Crippen LogP contribution in [0.4, 0.5) is 13.2 Å². The molecule has 0 N–H and O–H groups in total. The zero-order valence-corrected chi connectivity index (χ0v) is 12.0. The number of hydrogen-bond acceptors (Lipinski definition) is 2. The number of benzene rings is 1. The minimum absolute atomic E-state index is 0.0178. The topological polar surface area (TPSA) is 18.5 Å². The molecule has 112 valence electrons. The fraction of sp³-hybridized carbons (Fsp3) is 0.467. The molecule has 0 radical (unpaired) electrons. The van der Waals surface area contributed by atoms with E-state index in [9.17, 15) is 13.2 Å². The van der Waals surface area contributed by atoms with Gasteiger partial charge in [-0.15, -0.1) is 0 Å². The van der Waals surface area contributed by atoms with Gasteiger partial charge in [-0.1, -0.05) is 26.0 Å². The van der Waals surface area contributed by atoms with Gasteiger partial charge in [-0.2, -0.15) is 13.2 Å². The summed E-state index contributed by atoms with van der Waals surface area (Å²) in [6, 6.07) is 3.17. The molecule has 5 heteroatoms. The van der Waals surface area contributed by atoms with Crippen molar-refractivity contribution in [1.29, 1.82) is 0 Å². The number of halogens is 3. The van der Waals surface area contributed by atoms with Gasteiger partial charge >= 0.3 is 6.18 Å². The summed E-state index contributed by atoms with van der Waals surface area (Å²) in [7, 11) is 2.70. The van der Waals surface area contributed by atoms with Crippen LogP contribution in [0.1, 0.15) is 25.0 Å². The largest absolute Gasteiger partial charge is 0.496 e. The highest BCUT2D eigenvalue weighted by Crippen LogP contribution is 2.36. The van der Waals surface area contributed by atoms with Crippen molar-refractivity contribution in [3.05, 3.63) is 29.3 Å². The maximum atomic E-state index is 12.6. The van der Waals surface area contributed by atoms with E-state index in [1.54, 1.807) is 12.1 Å². The first kappa shape index (κ1) is 16.4. The molecular weight excluding hydrogens is 269 g/mol. The van der Waals surface area contributed by atoms with Crippen LogP contribution >= 0.6 is 0 Å². The van der Waals surface area contributed by atoms with Crippen LogP contribution < -0.4 is 9.47 Å². The number of methoxy groups -OCH3 is 2. The maximum Gasteiger partial charge on any atom is 0.393 e. The maximum absolute atomic E-state index is 12.6. The minimum Gasteiger partial charge on any atom is -0.496 e. The Balaban J connectivity index is 3.24. The molecule has 0 aliphatic carbocycles. The molecule has 0 heterocycles. The number of allylic oxidation sites excluding steroid dienone is 1. The molecule has 0 spiro atoms. The molecule has 1 aromatic carbocycles. The number of ether oxygens (including phenoxy) is 2. The summed E-state index contributed by atoms with van der Waals surface area (Å²) in [5, 5.41) is 0. The molecule has 1 aromatic rings. The molecular formula is C15H19F3O2. The van der Waals surface area contributed by atoms with E-state index in [1.165, 1.54) is 14.2 Å². The Morgan fingerprint density at radius 2 is 1.60 bits per heavy atom. The zero-order valence-electron chi connectivity index (χ0n) is 12.0. The van der Waals surface area contributed by atoms with Crippen molar-refractivity contribution in [3.63, 3.8) is 0 Å². The van der Waals surface area contributed by atoms with Crippen molar-refractivity contribution in [1.82, 2.24) is 0 Å². The quantitative estimate of drug-likeness (QED) is 0.795. The van der Waals surface area contributed by atoms with Crippen molar-refractivity contribution >= 4 is 6.08 Å². The number of alkyl halides is 3. The van der Waals surface area contributed by atoms with E-state index in [-0.39, 0.29) is 17.1 Å². The van der Waals surface area contributed by atoms with Gasteiger partial charge in [-0.3, -0.25) is 0 Å². The van der Waals surface area contributed by atoms with Crippen LogP contribution in [0.25, 0.3) is 6.08 Å². The van der Waals surface area contributed by atoms with Gasteiger partial charge in [0.15, 0.2) is 0 Å². The molecule has 0 atom stereocenters. The van der Waals surface area contributed by atoms with E-state index in [0.717, 1.165) is 5.56 Å². The molecule has 0 saturated heterocycles. The van der Waals surface area contributed by atoms with E-state index in [1.807, 2.05) is 26.0 Å². The second-order valence-electron chi connectivity index (χ2n) is 4.80. The second kappa shape index (κ2) is 6.68. The van der Waals surface area contributed by atoms with Crippen molar-refractivity contribution in [2.24, 2.45) is 5.92 Å². The predicted molar refractivity (Wildman–Crippen MR) is 73.2 cm³/mol. The summed E-state index contributed by atoms with van der Waals surface area (Å²) in [6.45, 7) is 4.03. The summed E-state index contributed by atoms with van der Waals surface area (Å²) < 4.78 is 47.9. The van der Waals surface area contributed by atoms with Crippen LogP contribution in [-0.2, 0) is 6.42 Å². The van der Waals surface area contributed by atoms with Gasteiger partial charge in [-0.25, -0.2) is 0 Å². The molecule has 0 bridgehead atoms. The van der Waals surface area contributed by atoms with Crippen molar-refractivity contribution < 1.29 is 22.6 Å². The molecule has 0 aliphatic rings. The molecule has 0 aliphatic heterocycles. The monoisotopic (exact) mass is 288 g/mol. The third-order valence-corrected chi connectivity index (χ3v) is 2.68. The van der Waals surface area contributed by atoms with Gasteiger partial charge in [-0.05, 0) is 23.6 Å². The second-order valence-corrected chi connectivity index (χ2v) is 4.80. The van der Waals surface area contributed by atoms with Crippen LogP contribution in [0.2, 0.25) is 0 Å². The van der Waals surface area contributed by atoms with E-state index >= 15 is 0 Å². The lowest BCUT2D eigenvalue weighted by Crippen LogP contribution is -2.13. The van der Waals surface area contributed by atoms with Gasteiger partial charge in [0.1, 0.15) is 11.5 Å². The predicted octanol–water partition coefficient (Wildman–Crippen LogP) is 4.48. The number of hydrogen-bond donors (Lipinski definition) is 0. The van der Waals surface area contributed by atoms with Crippen molar-refractivity contribution in [3.8, 4) is 11.5 Å². The third kappa shape index (κ3) is 4.79. The summed E-state index contributed by atoms with van der Waals surface area (Å²) in [5.41, 5.74) is 0.766. The third-order valence-electron chi connectivity index (χ3n) is 2.68. The fourth-order valence-corrected chi connectivity index (χ4v) is 1.78. The first-order chi connectivity index (χ1) is 9.26. The molecule has 0 unspecified atom stereocenters. The highest BCUT2D eigenvalue weighted by atomic mass is 19.4. The number of rotatable bonds is 5. The SMILES string of the molecule is COc1cc(/C=C/C(C)C)cc(OC)c1CC(F)(F)F. The van der Waals surface area contributed by atoms with Gasteiger partial charge < -0.3 is 9.47 Å². The average molecular weight is 288 g/mol. The van der Waals surface area contributed by atoms with Gasteiger partial charge in [0.05, 0.1) is 20.6 Å². The standard InChI is InChI=1S/C15H19F3O2/c1-10(2)5-6-11-7-13(19-3)12(9-15(16,17)18)14(8-11)20-4/h5-8,10H,9H2,1-4H3/b6-5+. The minimum atomic E-state index is -4.31.